The molecule has 1 saturated heterocycles. The molecule has 0 spiro atoms. The van der Waals surface area contributed by atoms with Gasteiger partial charge in [0.1, 0.15) is 0 Å². The highest BCUT2D eigenvalue weighted by Gasteiger charge is 2.38. The maximum Gasteiger partial charge on any atom is 0.0911 e. The highest BCUT2D eigenvalue weighted by molar-refractivity contribution is 5.19. The molecule has 1 fully saturated rings. The third-order valence-electron chi connectivity index (χ3n) is 3.32. The summed E-state index contributed by atoms with van der Waals surface area (Å²) in [5.41, 5.74) is 2.54. The van der Waals surface area contributed by atoms with Crippen molar-refractivity contribution in [1.82, 2.24) is 0 Å². The monoisotopic (exact) mass is 202 g/mol. The lowest BCUT2D eigenvalue weighted by molar-refractivity contribution is -0.124. The van der Waals surface area contributed by atoms with Gasteiger partial charge in [-0.1, -0.05) is 36.9 Å². The van der Waals surface area contributed by atoms with Gasteiger partial charge in [-0.3, -0.25) is 0 Å². The molecule has 1 heteroatoms. The van der Waals surface area contributed by atoms with Crippen molar-refractivity contribution in [2.75, 3.05) is 6.61 Å². The highest BCUT2D eigenvalue weighted by atomic mass is 16.5. The van der Waals surface area contributed by atoms with Crippen LogP contribution in [-0.2, 0) is 11.2 Å². The Hall–Kier alpha value is -1.08. The van der Waals surface area contributed by atoms with E-state index >= 15 is 0 Å². The quantitative estimate of drug-likeness (QED) is 0.680. The van der Waals surface area contributed by atoms with Crippen LogP contribution in [0.4, 0.5) is 0 Å². The Morgan fingerprint density at radius 2 is 2.07 bits per heavy atom. The fourth-order valence-corrected chi connectivity index (χ4v) is 2.09. The molecule has 0 radical (unpaired) electrons. The van der Waals surface area contributed by atoms with Gasteiger partial charge in [-0.05, 0) is 30.9 Å². The van der Waals surface area contributed by atoms with Crippen LogP contribution in [-0.4, -0.2) is 12.2 Å². The van der Waals surface area contributed by atoms with Crippen molar-refractivity contribution < 1.29 is 4.74 Å². The van der Waals surface area contributed by atoms with E-state index in [9.17, 15) is 0 Å². The Morgan fingerprint density at radius 3 is 2.53 bits per heavy atom. The Bertz CT molecular complexity index is 336. The zero-order valence-electron chi connectivity index (χ0n) is 9.33. The molecule has 80 valence electrons. The van der Waals surface area contributed by atoms with Gasteiger partial charge >= 0.3 is 0 Å². The molecule has 1 heterocycles. The van der Waals surface area contributed by atoms with Crippen LogP contribution in [0.3, 0.4) is 0 Å². The van der Waals surface area contributed by atoms with E-state index in [0.717, 1.165) is 25.9 Å². The second-order valence-electron chi connectivity index (χ2n) is 4.36. The van der Waals surface area contributed by atoms with Crippen LogP contribution in [0.25, 0.3) is 0 Å². The maximum atomic E-state index is 5.70. The minimum absolute atomic E-state index is 0.0180. The Morgan fingerprint density at radius 1 is 1.40 bits per heavy atom. The van der Waals surface area contributed by atoms with Crippen LogP contribution in [0, 0.1) is 0 Å². The summed E-state index contributed by atoms with van der Waals surface area (Å²) in [4.78, 5) is 0. The van der Waals surface area contributed by atoms with Crippen molar-refractivity contribution in [2.24, 2.45) is 0 Å². The molecule has 0 bridgehead atoms. The van der Waals surface area contributed by atoms with Gasteiger partial charge in [0, 0.05) is 6.42 Å². The molecule has 1 unspecified atom stereocenters. The number of ether oxygens (including phenoxy) is 1. The first-order valence-corrected chi connectivity index (χ1v) is 5.57. The van der Waals surface area contributed by atoms with Gasteiger partial charge in [0.25, 0.3) is 0 Å². The molecular formula is C14H18O. The van der Waals surface area contributed by atoms with E-state index in [0.29, 0.717) is 0 Å². The summed E-state index contributed by atoms with van der Waals surface area (Å²) in [6.07, 6.45) is 3.27. The molecule has 0 saturated carbocycles. The van der Waals surface area contributed by atoms with E-state index in [-0.39, 0.29) is 5.60 Å². The second-order valence-corrected chi connectivity index (χ2v) is 4.36. The summed E-state index contributed by atoms with van der Waals surface area (Å²) >= 11 is 0. The van der Waals surface area contributed by atoms with Gasteiger partial charge in [0.2, 0.25) is 0 Å². The Labute approximate surface area is 91.8 Å². The number of hydrogen-bond donors (Lipinski definition) is 0. The van der Waals surface area contributed by atoms with Gasteiger partial charge in [-0.2, -0.15) is 0 Å². The van der Waals surface area contributed by atoms with Crippen molar-refractivity contribution in [3.05, 3.63) is 48.0 Å². The minimum atomic E-state index is -0.0180. The fourth-order valence-electron chi connectivity index (χ4n) is 2.09. The second kappa shape index (κ2) is 4.19. The normalized spacial score (nSPS) is 24.6. The van der Waals surface area contributed by atoms with Gasteiger partial charge in [0.15, 0.2) is 0 Å². The van der Waals surface area contributed by atoms with E-state index in [1.54, 1.807) is 0 Å². The van der Waals surface area contributed by atoms with E-state index in [1.807, 2.05) is 0 Å². The van der Waals surface area contributed by atoms with Crippen molar-refractivity contribution >= 4 is 0 Å². The summed E-state index contributed by atoms with van der Waals surface area (Å²) in [6.45, 7) is 7.00. The number of benzene rings is 1. The summed E-state index contributed by atoms with van der Waals surface area (Å²) in [5, 5.41) is 0. The molecule has 1 aromatic rings. The van der Waals surface area contributed by atoms with Crippen molar-refractivity contribution in [3.8, 4) is 0 Å². The van der Waals surface area contributed by atoms with Crippen LogP contribution in [0.1, 0.15) is 25.3 Å². The zero-order chi connectivity index (χ0) is 10.7. The molecule has 0 amide bonds. The molecule has 0 aliphatic carbocycles. The van der Waals surface area contributed by atoms with E-state index in [2.05, 4.69) is 43.8 Å². The largest absolute Gasteiger partial charge is 0.370 e. The summed E-state index contributed by atoms with van der Waals surface area (Å²) < 4.78 is 5.70. The van der Waals surface area contributed by atoms with Crippen LogP contribution in [0.2, 0.25) is 0 Å². The molecule has 15 heavy (non-hydrogen) atoms. The number of hydrogen-bond acceptors (Lipinski definition) is 1. The molecule has 1 aromatic carbocycles. The molecule has 2 rings (SSSR count). The average molecular weight is 202 g/mol. The number of rotatable bonds is 4. The van der Waals surface area contributed by atoms with Gasteiger partial charge < -0.3 is 4.74 Å². The van der Waals surface area contributed by atoms with Gasteiger partial charge in [-0.15, -0.1) is 0 Å². The average Bonchev–Trinajstić information content (AvgIpc) is 2.17. The van der Waals surface area contributed by atoms with E-state index in [4.69, 9.17) is 4.74 Å². The van der Waals surface area contributed by atoms with E-state index < -0.39 is 0 Å². The lowest BCUT2D eigenvalue weighted by atomic mass is 9.82. The van der Waals surface area contributed by atoms with Gasteiger partial charge in [-0.25, -0.2) is 0 Å². The zero-order valence-corrected chi connectivity index (χ0v) is 9.33. The lowest BCUT2D eigenvalue weighted by Crippen LogP contribution is -2.44. The van der Waals surface area contributed by atoms with Crippen LogP contribution in [0.5, 0.6) is 0 Å². The Kier molecular flexibility index (Phi) is 2.92. The predicted molar refractivity (Wildman–Crippen MR) is 62.9 cm³/mol. The molecule has 0 aromatic heterocycles. The molecule has 1 atom stereocenters. The Balaban J connectivity index is 1.95. The number of aryl methyl sites for hydroxylation is 1. The predicted octanol–water partition coefficient (Wildman–Crippen LogP) is 3.35. The van der Waals surface area contributed by atoms with Crippen LogP contribution >= 0.6 is 0 Å². The molecule has 1 nitrogen and oxygen atoms in total. The maximum absolute atomic E-state index is 5.70. The minimum Gasteiger partial charge on any atom is -0.370 e. The SMILES string of the molecule is C=C(C)C1(CCc2ccccc2)CCO1. The first kappa shape index (κ1) is 10.4. The lowest BCUT2D eigenvalue weighted by Gasteiger charge is -2.43. The first-order chi connectivity index (χ1) is 7.23. The smallest absolute Gasteiger partial charge is 0.0911 e. The molecular weight excluding hydrogens is 184 g/mol. The fraction of sp³-hybridized carbons (Fsp3) is 0.429. The summed E-state index contributed by atoms with van der Waals surface area (Å²) in [7, 11) is 0. The van der Waals surface area contributed by atoms with Crippen molar-refractivity contribution in [3.63, 3.8) is 0 Å². The summed E-state index contributed by atoms with van der Waals surface area (Å²) in [6, 6.07) is 10.6. The van der Waals surface area contributed by atoms with Crippen LogP contribution < -0.4 is 0 Å². The highest BCUT2D eigenvalue weighted by Crippen LogP contribution is 2.37. The summed E-state index contributed by atoms with van der Waals surface area (Å²) in [5.74, 6) is 0. The van der Waals surface area contributed by atoms with Gasteiger partial charge in [0.05, 0.1) is 12.2 Å². The van der Waals surface area contributed by atoms with Crippen LogP contribution in [0.15, 0.2) is 42.5 Å². The third kappa shape index (κ3) is 2.13. The molecule has 1 aliphatic rings. The molecule has 1 aliphatic heterocycles. The van der Waals surface area contributed by atoms with E-state index in [1.165, 1.54) is 11.1 Å². The standard InChI is InChI=1S/C14H18O/c1-12(2)14(10-11-15-14)9-8-13-6-4-3-5-7-13/h3-7H,1,8-11H2,2H3. The first-order valence-electron chi connectivity index (χ1n) is 5.57. The third-order valence-corrected chi connectivity index (χ3v) is 3.32. The van der Waals surface area contributed by atoms with Crippen molar-refractivity contribution in [1.29, 1.82) is 0 Å². The topological polar surface area (TPSA) is 9.23 Å². The van der Waals surface area contributed by atoms with Crippen molar-refractivity contribution in [2.45, 2.75) is 31.8 Å². The molecule has 0 N–H and O–H groups in total.